The van der Waals surface area contributed by atoms with E-state index in [4.69, 9.17) is 0 Å². The lowest BCUT2D eigenvalue weighted by molar-refractivity contribution is -0.138. The fourth-order valence-corrected chi connectivity index (χ4v) is 4.31. The molecule has 2 fully saturated rings. The van der Waals surface area contributed by atoms with Gasteiger partial charge in [0.05, 0.1) is 0 Å². The van der Waals surface area contributed by atoms with Crippen molar-refractivity contribution in [3.63, 3.8) is 0 Å². The molecule has 4 atom stereocenters. The zero-order valence-corrected chi connectivity index (χ0v) is 11.4. The predicted octanol–water partition coefficient (Wildman–Crippen LogP) is 3.79. The van der Waals surface area contributed by atoms with E-state index in [2.05, 4.69) is 15.5 Å². The number of aromatic nitrogens is 2. The summed E-state index contributed by atoms with van der Waals surface area (Å²) >= 11 is 0.589. The highest BCUT2D eigenvalue weighted by atomic mass is 32.1. The summed E-state index contributed by atoms with van der Waals surface area (Å²) < 4.78 is 37.3. The van der Waals surface area contributed by atoms with E-state index in [1.165, 1.54) is 25.7 Å². The zero-order chi connectivity index (χ0) is 13.6. The topological polar surface area (TPSA) is 37.8 Å². The second-order valence-corrected chi connectivity index (χ2v) is 6.66. The Kier molecular flexibility index (Phi) is 3.19. The monoisotopic (exact) mass is 291 g/mol. The van der Waals surface area contributed by atoms with Crippen LogP contribution in [-0.2, 0) is 6.18 Å². The zero-order valence-electron chi connectivity index (χ0n) is 10.6. The van der Waals surface area contributed by atoms with Crippen LogP contribution in [0.3, 0.4) is 0 Å². The van der Waals surface area contributed by atoms with Gasteiger partial charge in [0.1, 0.15) is 0 Å². The van der Waals surface area contributed by atoms with Crippen LogP contribution in [0.1, 0.15) is 37.6 Å². The highest BCUT2D eigenvalue weighted by Gasteiger charge is 2.42. The molecule has 2 aliphatic carbocycles. The van der Waals surface area contributed by atoms with Crippen LogP contribution in [0.2, 0.25) is 0 Å². The number of hydrogen-bond acceptors (Lipinski definition) is 4. The summed E-state index contributed by atoms with van der Waals surface area (Å²) in [6.07, 6.45) is 0.688. The van der Waals surface area contributed by atoms with Gasteiger partial charge in [-0.3, -0.25) is 0 Å². The van der Waals surface area contributed by atoms with Crippen LogP contribution >= 0.6 is 11.3 Å². The summed E-state index contributed by atoms with van der Waals surface area (Å²) in [4.78, 5) is 0. The second kappa shape index (κ2) is 4.61. The molecule has 7 heteroatoms. The van der Waals surface area contributed by atoms with Crippen molar-refractivity contribution in [3.8, 4) is 0 Å². The molecule has 0 amide bonds. The first kappa shape index (κ1) is 13.1. The fraction of sp³-hybridized carbons (Fsp3) is 0.833. The number of anilines is 1. The number of nitrogens with zero attached hydrogens (tertiary/aromatic N) is 2. The maximum absolute atomic E-state index is 12.4. The molecule has 1 N–H and O–H groups in total. The van der Waals surface area contributed by atoms with E-state index < -0.39 is 11.2 Å². The smallest absolute Gasteiger partial charge is 0.357 e. The molecule has 0 saturated heterocycles. The van der Waals surface area contributed by atoms with Crippen LogP contribution in [0, 0.1) is 17.8 Å². The maximum atomic E-state index is 12.4. The van der Waals surface area contributed by atoms with E-state index >= 15 is 0 Å². The minimum absolute atomic E-state index is 0.171. The first-order valence-corrected chi connectivity index (χ1v) is 7.42. The quantitative estimate of drug-likeness (QED) is 0.920. The first-order chi connectivity index (χ1) is 8.93. The van der Waals surface area contributed by atoms with Gasteiger partial charge in [0.25, 0.3) is 0 Å². The van der Waals surface area contributed by atoms with Gasteiger partial charge < -0.3 is 5.32 Å². The largest absolute Gasteiger partial charge is 0.445 e. The molecule has 0 aliphatic heterocycles. The summed E-state index contributed by atoms with van der Waals surface area (Å²) in [6, 6.07) is 0.171. The predicted molar refractivity (Wildman–Crippen MR) is 66.9 cm³/mol. The lowest BCUT2D eigenvalue weighted by Crippen LogP contribution is -2.29. The van der Waals surface area contributed by atoms with E-state index in [-0.39, 0.29) is 11.2 Å². The maximum Gasteiger partial charge on any atom is 0.445 e. The Labute approximate surface area is 113 Å². The van der Waals surface area contributed by atoms with Crippen molar-refractivity contribution in [1.29, 1.82) is 0 Å². The minimum atomic E-state index is -4.40. The van der Waals surface area contributed by atoms with E-state index in [1.807, 2.05) is 6.92 Å². The number of fused-ring (bicyclic) bond motifs is 2. The van der Waals surface area contributed by atoms with E-state index in [0.29, 0.717) is 17.3 Å². The van der Waals surface area contributed by atoms with Crippen LogP contribution in [0.25, 0.3) is 0 Å². The molecule has 2 aliphatic rings. The van der Waals surface area contributed by atoms with Gasteiger partial charge in [0.15, 0.2) is 0 Å². The normalized spacial score (nSPS) is 31.7. The summed E-state index contributed by atoms with van der Waals surface area (Å²) in [5.41, 5.74) is 0. The minimum Gasteiger partial charge on any atom is -0.357 e. The molecular weight excluding hydrogens is 275 g/mol. The van der Waals surface area contributed by atoms with Crippen molar-refractivity contribution in [3.05, 3.63) is 5.01 Å². The molecule has 106 valence electrons. The van der Waals surface area contributed by atoms with Gasteiger partial charge in [-0.25, -0.2) is 0 Å². The van der Waals surface area contributed by atoms with Gasteiger partial charge in [-0.1, -0.05) is 17.8 Å². The van der Waals surface area contributed by atoms with Crippen LogP contribution < -0.4 is 5.32 Å². The Bertz CT molecular complexity index is 459. The molecule has 0 radical (unpaired) electrons. The average molecular weight is 291 g/mol. The number of nitrogens with one attached hydrogen (secondary N) is 1. The van der Waals surface area contributed by atoms with Gasteiger partial charge in [0.2, 0.25) is 10.1 Å². The molecule has 1 heterocycles. The van der Waals surface area contributed by atoms with Crippen molar-refractivity contribution in [1.82, 2.24) is 10.2 Å². The van der Waals surface area contributed by atoms with Crippen molar-refractivity contribution >= 4 is 16.5 Å². The van der Waals surface area contributed by atoms with Crippen LogP contribution in [0.15, 0.2) is 0 Å². The Balaban J connectivity index is 1.63. The molecule has 3 nitrogen and oxygen atoms in total. The van der Waals surface area contributed by atoms with Crippen LogP contribution in [0.5, 0.6) is 0 Å². The van der Waals surface area contributed by atoms with Gasteiger partial charge in [-0.05, 0) is 43.9 Å². The van der Waals surface area contributed by atoms with Gasteiger partial charge >= 0.3 is 6.18 Å². The Morgan fingerprint density at radius 2 is 2.05 bits per heavy atom. The van der Waals surface area contributed by atoms with Crippen LogP contribution in [0.4, 0.5) is 18.3 Å². The number of halogens is 3. The SMILES string of the molecule is CC(Nc1nnc(C(F)(F)F)s1)C1CC2CCC1C2. The second-order valence-electron chi connectivity index (χ2n) is 5.68. The third-order valence-electron chi connectivity index (χ3n) is 4.45. The summed E-state index contributed by atoms with van der Waals surface area (Å²) in [6.45, 7) is 2.04. The lowest BCUT2D eigenvalue weighted by Gasteiger charge is -2.28. The van der Waals surface area contributed by atoms with Crippen LogP contribution in [-0.4, -0.2) is 16.2 Å². The third-order valence-corrected chi connectivity index (χ3v) is 5.35. The molecule has 4 unspecified atom stereocenters. The molecule has 1 aromatic heterocycles. The third kappa shape index (κ3) is 2.57. The van der Waals surface area contributed by atoms with Gasteiger partial charge in [0, 0.05) is 6.04 Å². The van der Waals surface area contributed by atoms with Crippen molar-refractivity contribution in [2.45, 2.75) is 44.8 Å². The molecule has 0 spiro atoms. The molecule has 2 saturated carbocycles. The van der Waals surface area contributed by atoms with Crippen molar-refractivity contribution in [2.75, 3.05) is 5.32 Å². The highest BCUT2D eigenvalue weighted by Crippen LogP contribution is 2.50. The molecule has 3 rings (SSSR count). The number of alkyl halides is 3. The summed E-state index contributed by atoms with van der Waals surface area (Å²) in [5, 5.41) is 9.30. The molecule has 19 heavy (non-hydrogen) atoms. The molecular formula is C12H16F3N3S. The van der Waals surface area contributed by atoms with E-state index in [0.717, 1.165) is 11.8 Å². The Morgan fingerprint density at radius 1 is 1.26 bits per heavy atom. The molecule has 2 bridgehead atoms. The average Bonchev–Trinajstić information content (AvgIpc) is 3.02. The number of hydrogen-bond donors (Lipinski definition) is 1. The highest BCUT2D eigenvalue weighted by molar-refractivity contribution is 7.15. The van der Waals surface area contributed by atoms with E-state index in [9.17, 15) is 13.2 Å². The van der Waals surface area contributed by atoms with Gasteiger partial charge in [-0.2, -0.15) is 13.2 Å². The summed E-state index contributed by atoms with van der Waals surface area (Å²) in [7, 11) is 0. The summed E-state index contributed by atoms with van der Waals surface area (Å²) in [5.74, 6) is 2.14. The molecule has 0 aromatic carbocycles. The number of rotatable bonds is 3. The first-order valence-electron chi connectivity index (χ1n) is 6.60. The lowest BCUT2D eigenvalue weighted by atomic mass is 9.84. The van der Waals surface area contributed by atoms with Crippen molar-refractivity contribution in [2.24, 2.45) is 17.8 Å². The standard InChI is InChI=1S/C12H16F3N3S/c1-6(9-5-7-2-3-8(9)4-7)16-11-18-17-10(19-11)12(13,14)15/h6-9H,2-5H2,1H3,(H,16,18). The Morgan fingerprint density at radius 3 is 2.58 bits per heavy atom. The van der Waals surface area contributed by atoms with Gasteiger partial charge in [-0.15, -0.1) is 10.2 Å². The van der Waals surface area contributed by atoms with Crippen molar-refractivity contribution < 1.29 is 13.2 Å². The Hall–Kier alpha value is -0.850. The molecule has 1 aromatic rings. The van der Waals surface area contributed by atoms with E-state index in [1.54, 1.807) is 0 Å². The fourth-order valence-electron chi connectivity index (χ4n) is 3.60.